The molecular weight excluding hydrogens is 371 g/mol. The van der Waals surface area contributed by atoms with Crippen LogP contribution < -0.4 is 5.32 Å². The molecule has 150 valence electrons. The Morgan fingerprint density at radius 3 is 2.74 bits per heavy atom. The van der Waals surface area contributed by atoms with Crippen LogP contribution in [0.4, 0.5) is 19.0 Å². The summed E-state index contributed by atoms with van der Waals surface area (Å²) >= 11 is 0. The van der Waals surface area contributed by atoms with Gasteiger partial charge in [0.15, 0.2) is 17.8 Å². The molecule has 1 aromatic heterocycles. The molecule has 4 rings (SSSR count). The summed E-state index contributed by atoms with van der Waals surface area (Å²) in [6, 6.07) is -0.637. The molecule has 5 atom stereocenters. The van der Waals surface area contributed by atoms with E-state index in [2.05, 4.69) is 15.3 Å². The van der Waals surface area contributed by atoms with Gasteiger partial charge in [-0.3, -0.25) is 4.98 Å². The van der Waals surface area contributed by atoms with Crippen molar-refractivity contribution in [3.63, 3.8) is 0 Å². The molecule has 0 saturated carbocycles. The number of anilines is 1. The van der Waals surface area contributed by atoms with Crippen LogP contribution in [-0.4, -0.2) is 66.2 Å². The largest absolute Gasteiger partial charge is 0.434 e. The third-order valence-corrected chi connectivity index (χ3v) is 4.77. The number of methoxy groups -OCH3 is 1. The zero-order valence-corrected chi connectivity index (χ0v) is 14.9. The van der Waals surface area contributed by atoms with Gasteiger partial charge in [-0.15, -0.1) is 0 Å². The van der Waals surface area contributed by atoms with Gasteiger partial charge >= 0.3 is 6.18 Å². The summed E-state index contributed by atoms with van der Waals surface area (Å²) in [7, 11) is 1.55. The maximum atomic E-state index is 12.9. The van der Waals surface area contributed by atoms with E-state index in [-0.39, 0.29) is 19.0 Å². The summed E-state index contributed by atoms with van der Waals surface area (Å²) in [5, 5.41) is 2.92. The van der Waals surface area contributed by atoms with Crippen molar-refractivity contribution in [1.29, 1.82) is 0 Å². The van der Waals surface area contributed by atoms with Crippen molar-refractivity contribution >= 4 is 5.82 Å². The van der Waals surface area contributed by atoms with Gasteiger partial charge in [0.1, 0.15) is 29.7 Å². The van der Waals surface area contributed by atoms with Crippen LogP contribution in [0.15, 0.2) is 12.4 Å². The predicted molar refractivity (Wildman–Crippen MR) is 83.7 cm³/mol. The summed E-state index contributed by atoms with van der Waals surface area (Å²) in [6.45, 7) is 3.99. The van der Waals surface area contributed by atoms with Gasteiger partial charge in [-0.2, -0.15) is 13.2 Å². The van der Waals surface area contributed by atoms with Gasteiger partial charge in [0.2, 0.25) is 0 Å². The Bertz CT molecular complexity index is 719. The first-order valence-corrected chi connectivity index (χ1v) is 8.43. The molecule has 8 nitrogen and oxygen atoms in total. The van der Waals surface area contributed by atoms with E-state index in [4.69, 9.17) is 23.7 Å². The molecule has 0 radical (unpaired) electrons. The summed E-state index contributed by atoms with van der Waals surface area (Å²) in [4.78, 5) is 7.21. The van der Waals surface area contributed by atoms with Crippen molar-refractivity contribution in [3.8, 4) is 0 Å². The number of ether oxygens (including phenoxy) is 5. The highest BCUT2D eigenvalue weighted by molar-refractivity contribution is 5.36. The lowest BCUT2D eigenvalue weighted by atomic mass is 9.88. The molecule has 3 aliphatic rings. The van der Waals surface area contributed by atoms with E-state index in [1.807, 2.05) is 0 Å². The summed E-state index contributed by atoms with van der Waals surface area (Å²) in [5.74, 6) is -0.941. The quantitative estimate of drug-likeness (QED) is 0.828. The van der Waals surface area contributed by atoms with Crippen LogP contribution in [0, 0.1) is 0 Å². The second-order valence-electron chi connectivity index (χ2n) is 7.27. The zero-order valence-electron chi connectivity index (χ0n) is 14.9. The number of aromatic nitrogens is 2. The fraction of sp³-hybridized carbons (Fsp3) is 0.750. The van der Waals surface area contributed by atoms with E-state index in [0.29, 0.717) is 6.20 Å². The van der Waals surface area contributed by atoms with Crippen LogP contribution in [0.1, 0.15) is 19.5 Å². The third-order valence-electron chi connectivity index (χ3n) is 4.77. The first-order valence-electron chi connectivity index (χ1n) is 8.43. The van der Waals surface area contributed by atoms with Gasteiger partial charge in [-0.1, -0.05) is 0 Å². The number of nitrogens with one attached hydrogen (secondary N) is 1. The minimum Gasteiger partial charge on any atom is -0.381 e. The first kappa shape index (κ1) is 18.8. The maximum absolute atomic E-state index is 12.9. The molecular formula is C16H20F3N3O5. The van der Waals surface area contributed by atoms with Crippen LogP contribution in [0.3, 0.4) is 0 Å². The molecule has 2 bridgehead atoms. The van der Waals surface area contributed by atoms with E-state index in [0.717, 1.165) is 0 Å². The van der Waals surface area contributed by atoms with Crippen LogP contribution in [0.5, 0.6) is 0 Å². The van der Waals surface area contributed by atoms with Gasteiger partial charge in [0.25, 0.3) is 0 Å². The minimum absolute atomic E-state index is 0.0553. The number of hydrogen-bond acceptors (Lipinski definition) is 8. The van der Waals surface area contributed by atoms with Crippen molar-refractivity contribution in [1.82, 2.24) is 9.97 Å². The van der Waals surface area contributed by atoms with Crippen LogP contribution in [0.25, 0.3) is 0 Å². The van der Waals surface area contributed by atoms with Crippen LogP contribution in [-0.2, 0) is 29.9 Å². The maximum Gasteiger partial charge on any atom is 0.434 e. The second-order valence-corrected chi connectivity index (χ2v) is 7.27. The molecule has 3 saturated heterocycles. The van der Waals surface area contributed by atoms with Crippen molar-refractivity contribution in [3.05, 3.63) is 18.1 Å². The topological polar surface area (TPSA) is 84.0 Å². The smallest absolute Gasteiger partial charge is 0.381 e. The van der Waals surface area contributed by atoms with Crippen LogP contribution >= 0.6 is 0 Å². The summed E-state index contributed by atoms with van der Waals surface area (Å²) in [6.07, 6.45) is -4.54. The van der Waals surface area contributed by atoms with E-state index in [1.165, 1.54) is 6.20 Å². The van der Waals surface area contributed by atoms with E-state index in [9.17, 15) is 13.2 Å². The monoisotopic (exact) mass is 391 g/mol. The van der Waals surface area contributed by atoms with Gasteiger partial charge in [-0.25, -0.2) is 4.98 Å². The first-order chi connectivity index (χ1) is 12.6. The average molecular weight is 391 g/mol. The number of nitrogens with zero attached hydrogens (tertiary/aromatic N) is 2. The molecule has 0 aliphatic carbocycles. The average Bonchev–Trinajstić information content (AvgIpc) is 3.12. The molecule has 3 aliphatic heterocycles. The highest BCUT2D eigenvalue weighted by Crippen LogP contribution is 2.47. The lowest BCUT2D eigenvalue weighted by molar-refractivity contribution is -0.204. The molecule has 0 aromatic carbocycles. The number of hydrogen-bond donors (Lipinski definition) is 1. The van der Waals surface area contributed by atoms with E-state index >= 15 is 0 Å². The molecule has 0 spiro atoms. The van der Waals surface area contributed by atoms with Gasteiger partial charge in [-0.05, 0) is 13.8 Å². The standard InChI is InChI=1S/C16H20F3N3O5/c1-14(2)25-11-10(22-9-5-20-4-8(21-9)16(17,18)19)13-24-7-15(27-13,6-23-3)12(11)26-14/h4-5,10-13H,6-7H2,1-3H3,(H,21,22)/t10-,11-,12-,13+,15+/m1/s1. The molecule has 3 fully saturated rings. The highest BCUT2D eigenvalue weighted by atomic mass is 19.4. The molecule has 27 heavy (non-hydrogen) atoms. The van der Waals surface area contributed by atoms with E-state index in [1.54, 1.807) is 21.0 Å². The Morgan fingerprint density at radius 1 is 1.26 bits per heavy atom. The fourth-order valence-electron chi connectivity index (χ4n) is 3.76. The van der Waals surface area contributed by atoms with Crippen molar-refractivity contribution in [2.75, 3.05) is 25.6 Å². The summed E-state index contributed by atoms with van der Waals surface area (Å²) in [5.41, 5.74) is -1.93. The Hall–Kier alpha value is -1.53. The fourth-order valence-corrected chi connectivity index (χ4v) is 3.76. The highest BCUT2D eigenvalue weighted by Gasteiger charge is 2.66. The lowest BCUT2D eigenvalue weighted by Gasteiger charge is -2.42. The third kappa shape index (κ3) is 3.27. The predicted octanol–water partition coefficient (Wildman–Crippen LogP) is 1.57. The lowest BCUT2D eigenvalue weighted by Crippen LogP contribution is -2.63. The summed E-state index contributed by atoms with van der Waals surface area (Å²) < 4.78 is 67.8. The SMILES string of the molecule is COC[C@@]12CO[C@@H](O1)[C@H](Nc1cncc(C(F)(F)F)n1)[C@H]1OC(C)(C)O[C@H]12. The number of halogens is 3. The molecule has 0 unspecified atom stereocenters. The number of fused-ring (bicyclic) bond motifs is 4. The Morgan fingerprint density at radius 2 is 2.04 bits per heavy atom. The van der Waals surface area contributed by atoms with Gasteiger partial charge in [0, 0.05) is 7.11 Å². The zero-order chi connectivity index (χ0) is 19.4. The molecule has 4 heterocycles. The Kier molecular flexibility index (Phi) is 4.35. The van der Waals surface area contributed by atoms with E-state index < -0.39 is 47.8 Å². The second kappa shape index (κ2) is 6.24. The number of alkyl halides is 3. The van der Waals surface area contributed by atoms with Gasteiger partial charge < -0.3 is 29.0 Å². The Labute approximate surface area is 153 Å². The Balaban J connectivity index is 1.62. The van der Waals surface area contributed by atoms with Crippen molar-refractivity contribution in [2.24, 2.45) is 0 Å². The van der Waals surface area contributed by atoms with Crippen molar-refractivity contribution < 1.29 is 36.9 Å². The molecule has 0 amide bonds. The van der Waals surface area contributed by atoms with Crippen LogP contribution in [0.2, 0.25) is 0 Å². The van der Waals surface area contributed by atoms with Gasteiger partial charge in [0.05, 0.1) is 25.6 Å². The molecule has 11 heteroatoms. The molecule has 1 N–H and O–H groups in total. The number of rotatable bonds is 4. The normalized spacial score (nSPS) is 37.3. The minimum atomic E-state index is -4.59. The molecule has 1 aromatic rings. The van der Waals surface area contributed by atoms with Crippen molar-refractivity contribution in [2.45, 2.75) is 56.0 Å².